The van der Waals surface area contributed by atoms with E-state index in [2.05, 4.69) is 0 Å². The third kappa shape index (κ3) is 5.11. The Hall–Kier alpha value is -2.49. The van der Waals surface area contributed by atoms with Gasteiger partial charge < -0.3 is 10.0 Å². The molecule has 2 aromatic carbocycles. The molecule has 0 radical (unpaired) electrons. The summed E-state index contributed by atoms with van der Waals surface area (Å²) in [4.78, 5) is 11.5. The van der Waals surface area contributed by atoms with Gasteiger partial charge in [0, 0.05) is 6.07 Å². The van der Waals surface area contributed by atoms with Crippen molar-refractivity contribution in [1.29, 1.82) is 0 Å². The second-order valence-electron chi connectivity index (χ2n) is 7.27. The number of likely N-dealkylation sites (tertiary alicyclic amines) is 1. The van der Waals surface area contributed by atoms with E-state index >= 15 is 0 Å². The molecule has 1 aliphatic heterocycles. The van der Waals surface area contributed by atoms with E-state index in [1.165, 1.54) is 35.6 Å². The first-order chi connectivity index (χ1) is 13.9. The van der Waals surface area contributed by atoms with Gasteiger partial charge in [0.15, 0.2) is 4.90 Å². The SMILES string of the molecule is O=[N+]([O-])c1ccccc1S(=O)(=O)N(C[C@H](O)C[NH+]1CCCCC1)c1ccccc1. The van der Waals surface area contributed by atoms with Gasteiger partial charge >= 0.3 is 0 Å². The van der Waals surface area contributed by atoms with Gasteiger partial charge in [0.1, 0.15) is 12.6 Å². The second kappa shape index (κ2) is 9.34. The van der Waals surface area contributed by atoms with Crippen molar-refractivity contribution in [3.63, 3.8) is 0 Å². The summed E-state index contributed by atoms with van der Waals surface area (Å²) in [6, 6.07) is 13.7. The highest BCUT2D eigenvalue weighted by molar-refractivity contribution is 7.93. The Morgan fingerprint density at radius 2 is 1.66 bits per heavy atom. The maximum absolute atomic E-state index is 13.4. The highest BCUT2D eigenvalue weighted by Gasteiger charge is 2.33. The molecule has 1 fully saturated rings. The zero-order chi connectivity index (χ0) is 20.9. The molecule has 2 N–H and O–H groups in total. The highest BCUT2D eigenvalue weighted by atomic mass is 32.2. The van der Waals surface area contributed by atoms with Crippen LogP contribution in [0, 0.1) is 10.1 Å². The molecule has 3 rings (SSSR count). The molecular weight excluding hydrogens is 394 g/mol. The van der Waals surface area contributed by atoms with Crippen LogP contribution in [0.4, 0.5) is 11.4 Å². The minimum absolute atomic E-state index is 0.165. The molecule has 0 unspecified atom stereocenters. The van der Waals surface area contributed by atoms with E-state index in [-0.39, 0.29) is 11.4 Å². The van der Waals surface area contributed by atoms with Crippen LogP contribution in [0.2, 0.25) is 0 Å². The average Bonchev–Trinajstić information content (AvgIpc) is 2.73. The van der Waals surface area contributed by atoms with E-state index in [9.17, 15) is 23.6 Å². The molecule has 1 heterocycles. The van der Waals surface area contributed by atoms with Gasteiger partial charge in [-0.25, -0.2) is 8.42 Å². The minimum atomic E-state index is -4.24. The van der Waals surface area contributed by atoms with E-state index in [0.717, 1.165) is 30.2 Å². The van der Waals surface area contributed by atoms with Gasteiger partial charge in [-0.2, -0.15) is 0 Å². The first-order valence-corrected chi connectivity index (χ1v) is 11.2. The summed E-state index contributed by atoms with van der Waals surface area (Å²) in [6.45, 7) is 2.19. The average molecular weight is 421 g/mol. The van der Waals surface area contributed by atoms with Crippen molar-refractivity contribution < 1.29 is 23.3 Å². The summed E-state index contributed by atoms with van der Waals surface area (Å²) in [6.07, 6.45) is 2.49. The predicted octanol–water partition coefficient (Wildman–Crippen LogP) is 1.22. The number of aliphatic hydroxyl groups is 1. The summed E-state index contributed by atoms with van der Waals surface area (Å²) in [5.41, 5.74) is -0.122. The van der Waals surface area contributed by atoms with Gasteiger partial charge in [-0.05, 0) is 37.5 Å². The number of quaternary nitrogens is 1. The lowest BCUT2D eigenvalue weighted by Gasteiger charge is -2.29. The van der Waals surface area contributed by atoms with E-state index in [1.807, 2.05) is 0 Å². The van der Waals surface area contributed by atoms with E-state index in [0.29, 0.717) is 12.2 Å². The Balaban J connectivity index is 1.92. The van der Waals surface area contributed by atoms with Gasteiger partial charge in [0.25, 0.3) is 15.7 Å². The maximum Gasteiger partial charge on any atom is 0.289 e. The molecule has 0 amide bonds. The molecule has 0 aromatic heterocycles. The smallest absolute Gasteiger partial charge is 0.289 e. The summed E-state index contributed by atoms with van der Waals surface area (Å²) < 4.78 is 27.9. The predicted molar refractivity (Wildman–Crippen MR) is 109 cm³/mol. The summed E-state index contributed by atoms with van der Waals surface area (Å²) in [5.74, 6) is 0. The van der Waals surface area contributed by atoms with Crippen molar-refractivity contribution >= 4 is 21.4 Å². The van der Waals surface area contributed by atoms with Crippen LogP contribution >= 0.6 is 0 Å². The van der Waals surface area contributed by atoms with Crippen molar-refractivity contribution in [2.75, 3.05) is 30.5 Å². The molecule has 9 heteroatoms. The fraction of sp³-hybridized carbons (Fsp3) is 0.400. The Morgan fingerprint density at radius 3 is 2.31 bits per heavy atom. The van der Waals surface area contributed by atoms with Gasteiger partial charge in [-0.1, -0.05) is 30.3 Å². The number of hydrogen-bond acceptors (Lipinski definition) is 5. The molecule has 1 atom stereocenters. The van der Waals surface area contributed by atoms with Crippen LogP contribution in [0.25, 0.3) is 0 Å². The van der Waals surface area contributed by atoms with Gasteiger partial charge in [-0.15, -0.1) is 0 Å². The van der Waals surface area contributed by atoms with Crippen LogP contribution in [-0.4, -0.2) is 50.7 Å². The standard InChI is InChI=1S/C20H25N3O5S/c24-18(15-21-13-7-2-8-14-21)16-22(17-9-3-1-4-10-17)29(27,28)20-12-6-5-11-19(20)23(25)26/h1,3-6,9-12,18,24H,2,7-8,13-16H2/p+1/t18-/m1/s1. The third-order valence-electron chi connectivity index (χ3n) is 5.14. The molecule has 0 aliphatic carbocycles. The minimum Gasteiger partial charge on any atom is -0.385 e. The molecule has 29 heavy (non-hydrogen) atoms. The van der Waals surface area contributed by atoms with Crippen molar-refractivity contribution in [1.82, 2.24) is 0 Å². The summed E-state index contributed by atoms with van der Waals surface area (Å²) >= 11 is 0. The van der Waals surface area contributed by atoms with Crippen molar-refractivity contribution in [2.24, 2.45) is 0 Å². The van der Waals surface area contributed by atoms with E-state index < -0.39 is 26.7 Å². The van der Waals surface area contributed by atoms with Crippen LogP contribution in [-0.2, 0) is 10.0 Å². The first-order valence-electron chi connectivity index (χ1n) is 9.72. The molecule has 2 aromatic rings. The van der Waals surface area contributed by atoms with E-state index in [1.54, 1.807) is 30.3 Å². The number of nitrogens with one attached hydrogen (secondary N) is 1. The highest BCUT2D eigenvalue weighted by Crippen LogP contribution is 2.29. The molecule has 0 bridgehead atoms. The number of piperidine rings is 1. The normalized spacial score (nSPS) is 16.3. The quantitative estimate of drug-likeness (QED) is 0.494. The van der Waals surface area contributed by atoms with Crippen LogP contribution in [0.5, 0.6) is 0 Å². The Kier molecular flexibility index (Phi) is 6.83. The largest absolute Gasteiger partial charge is 0.385 e. The number of hydrogen-bond donors (Lipinski definition) is 2. The van der Waals surface area contributed by atoms with Crippen molar-refractivity contribution in [3.8, 4) is 0 Å². The van der Waals surface area contributed by atoms with Crippen LogP contribution in [0.3, 0.4) is 0 Å². The Bertz CT molecular complexity index is 930. The number of sulfonamides is 1. The summed E-state index contributed by atoms with van der Waals surface area (Å²) in [7, 11) is -4.24. The molecule has 1 saturated heterocycles. The maximum atomic E-state index is 13.4. The number of benzene rings is 2. The van der Waals surface area contributed by atoms with Gasteiger partial charge in [0.2, 0.25) is 0 Å². The molecule has 0 spiro atoms. The van der Waals surface area contributed by atoms with Gasteiger partial charge in [-0.3, -0.25) is 14.4 Å². The topological polar surface area (TPSA) is 105 Å². The number of rotatable bonds is 8. The molecule has 0 saturated carbocycles. The molecule has 8 nitrogen and oxygen atoms in total. The van der Waals surface area contributed by atoms with Crippen LogP contribution in [0.15, 0.2) is 59.5 Å². The van der Waals surface area contributed by atoms with Crippen LogP contribution in [0.1, 0.15) is 19.3 Å². The monoisotopic (exact) mass is 420 g/mol. The fourth-order valence-corrected chi connectivity index (χ4v) is 5.39. The number of para-hydroxylation sites is 2. The second-order valence-corrected chi connectivity index (χ2v) is 9.10. The number of nitrogens with zero attached hydrogens (tertiary/aromatic N) is 2. The molecular formula is C20H26N3O5S+. The third-order valence-corrected chi connectivity index (χ3v) is 6.98. The van der Waals surface area contributed by atoms with Crippen molar-refractivity contribution in [2.45, 2.75) is 30.3 Å². The van der Waals surface area contributed by atoms with Crippen LogP contribution < -0.4 is 9.21 Å². The molecule has 1 aliphatic rings. The summed E-state index contributed by atoms with van der Waals surface area (Å²) in [5, 5.41) is 22.0. The Morgan fingerprint density at radius 1 is 1.03 bits per heavy atom. The van der Waals surface area contributed by atoms with Gasteiger partial charge in [0.05, 0.1) is 30.2 Å². The number of nitro benzene ring substituents is 1. The zero-order valence-electron chi connectivity index (χ0n) is 16.1. The number of aliphatic hydroxyl groups excluding tert-OH is 1. The molecule has 156 valence electrons. The zero-order valence-corrected chi connectivity index (χ0v) is 16.9. The Labute approximate surface area is 170 Å². The van der Waals surface area contributed by atoms with Crippen molar-refractivity contribution in [3.05, 3.63) is 64.7 Å². The lowest BCUT2D eigenvalue weighted by atomic mass is 10.1. The lowest BCUT2D eigenvalue weighted by Crippen LogP contribution is -3.14. The number of anilines is 1. The first kappa shape index (κ1) is 21.2. The van der Waals surface area contributed by atoms with E-state index in [4.69, 9.17) is 0 Å². The lowest BCUT2D eigenvalue weighted by molar-refractivity contribution is -0.907. The fourth-order valence-electron chi connectivity index (χ4n) is 3.73. The number of nitro groups is 1.